The molecule has 0 saturated carbocycles. The number of rotatable bonds is 7. The highest BCUT2D eigenvalue weighted by molar-refractivity contribution is 6.47. The van der Waals surface area contributed by atoms with Gasteiger partial charge in [0.05, 0.1) is 17.8 Å². The molecule has 1 aromatic carbocycles. The van der Waals surface area contributed by atoms with E-state index in [1.165, 1.54) is 5.56 Å². The summed E-state index contributed by atoms with van der Waals surface area (Å²) in [5.41, 5.74) is 0.470. The van der Waals surface area contributed by atoms with E-state index in [0.717, 1.165) is 12.8 Å². The van der Waals surface area contributed by atoms with Gasteiger partial charge in [-0.2, -0.15) is 0 Å². The van der Waals surface area contributed by atoms with Crippen molar-refractivity contribution in [3.8, 4) is 0 Å². The highest BCUT2D eigenvalue weighted by Crippen LogP contribution is 2.42. The molecule has 0 bridgehead atoms. The number of esters is 1. The molecule has 5 heteroatoms. The third kappa shape index (κ3) is 4.39. The van der Waals surface area contributed by atoms with Crippen molar-refractivity contribution in [1.29, 1.82) is 0 Å². The molecule has 0 spiro atoms. The van der Waals surface area contributed by atoms with Crippen molar-refractivity contribution in [3.63, 3.8) is 0 Å². The normalized spacial score (nSPS) is 20.0. The van der Waals surface area contributed by atoms with Crippen LogP contribution in [-0.4, -0.2) is 30.9 Å². The number of benzene rings is 1. The molecule has 0 unspecified atom stereocenters. The summed E-state index contributed by atoms with van der Waals surface area (Å²) in [6, 6.07) is 10.3. The summed E-state index contributed by atoms with van der Waals surface area (Å²) in [5, 5.41) is 0. The van der Waals surface area contributed by atoms with Crippen LogP contribution >= 0.6 is 0 Å². The molecule has 0 radical (unpaired) electrons. The van der Waals surface area contributed by atoms with Crippen LogP contribution in [0.4, 0.5) is 0 Å². The lowest BCUT2D eigenvalue weighted by molar-refractivity contribution is -0.143. The SMILES string of the molecule is CCOC(=O)CCC[C@H](B1OC(C)(C)C(C)(C)O1)c1ccccc1. The highest BCUT2D eigenvalue weighted by atomic mass is 16.7. The van der Waals surface area contributed by atoms with Crippen molar-refractivity contribution in [3.05, 3.63) is 35.9 Å². The van der Waals surface area contributed by atoms with Crippen LogP contribution in [0.25, 0.3) is 0 Å². The minimum atomic E-state index is -0.355. The molecule has 4 nitrogen and oxygen atoms in total. The topological polar surface area (TPSA) is 44.8 Å². The lowest BCUT2D eigenvalue weighted by atomic mass is 9.65. The zero-order chi connectivity index (χ0) is 17.8. The minimum absolute atomic E-state index is 0.0988. The van der Waals surface area contributed by atoms with E-state index in [9.17, 15) is 4.79 Å². The van der Waals surface area contributed by atoms with Crippen LogP contribution in [-0.2, 0) is 18.8 Å². The second-order valence-corrected chi connectivity index (χ2v) is 7.34. The molecule has 1 fully saturated rings. The Morgan fingerprint density at radius 1 is 1.12 bits per heavy atom. The van der Waals surface area contributed by atoms with Crippen molar-refractivity contribution in [2.45, 2.75) is 70.9 Å². The van der Waals surface area contributed by atoms with Crippen molar-refractivity contribution < 1.29 is 18.8 Å². The fourth-order valence-electron chi connectivity index (χ4n) is 2.91. The van der Waals surface area contributed by atoms with Crippen molar-refractivity contribution >= 4 is 13.1 Å². The molecule has 1 atom stereocenters. The number of hydrogen-bond acceptors (Lipinski definition) is 4. The molecule has 1 aromatic rings. The van der Waals surface area contributed by atoms with Crippen LogP contribution < -0.4 is 0 Å². The van der Waals surface area contributed by atoms with Crippen LogP contribution in [0.3, 0.4) is 0 Å². The Labute approximate surface area is 146 Å². The largest absolute Gasteiger partial charge is 0.466 e. The smallest absolute Gasteiger partial charge is 0.465 e. The van der Waals surface area contributed by atoms with E-state index < -0.39 is 0 Å². The second-order valence-electron chi connectivity index (χ2n) is 7.34. The molecule has 0 N–H and O–H groups in total. The quantitative estimate of drug-likeness (QED) is 0.556. The van der Waals surface area contributed by atoms with Crippen molar-refractivity contribution in [2.24, 2.45) is 0 Å². The fourth-order valence-corrected chi connectivity index (χ4v) is 2.91. The first kappa shape index (κ1) is 19.0. The van der Waals surface area contributed by atoms with Gasteiger partial charge in [-0.15, -0.1) is 0 Å². The van der Waals surface area contributed by atoms with Gasteiger partial charge in [-0.1, -0.05) is 30.3 Å². The summed E-state index contributed by atoms with van der Waals surface area (Å²) >= 11 is 0. The number of hydrogen-bond donors (Lipinski definition) is 0. The summed E-state index contributed by atoms with van der Waals surface area (Å²) < 4.78 is 17.5. The molecule has 1 aliphatic heterocycles. The lowest BCUT2D eigenvalue weighted by Crippen LogP contribution is -2.41. The molecule has 0 aliphatic carbocycles. The van der Waals surface area contributed by atoms with Crippen molar-refractivity contribution in [1.82, 2.24) is 0 Å². The Morgan fingerprint density at radius 2 is 1.71 bits per heavy atom. The molecule has 0 aromatic heterocycles. The molecular formula is C19H29BO4. The molecule has 132 valence electrons. The highest BCUT2D eigenvalue weighted by Gasteiger charge is 2.53. The molecule has 2 rings (SSSR count). The minimum Gasteiger partial charge on any atom is -0.466 e. The fraction of sp³-hybridized carbons (Fsp3) is 0.632. The number of carbonyl (C=O) groups excluding carboxylic acids is 1. The zero-order valence-corrected chi connectivity index (χ0v) is 15.5. The molecule has 24 heavy (non-hydrogen) atoms. The maximum Gasteiger partial charge on any atom is 0.465 e. The van der Waals surface area contributed by atoms with Gasteiger partial charge in [0.2, 0.25) is 0 Å². The second kappa shape index (κ2) is 7.71. The molecule has 1 saturated heterocycles. The average Bonchev–Trinajstić information content (AvgIpc) is 2.73. The molecule has 1 aliphatic rings. The van der Waals surface area contributed by atoms with Crippen molar-refractivity contribution in [2.75, 3.05) is 6.61 Å². The van der Waals surface area contributed by atoms with E-state index in [0.29, 0.717) is 13.0 Å². The molecular weight excluding hydrogens is 303 g/mol. The van der Waals surface area contributed by atoms with Gasteiger partial charge in [-0.05, 0) is 53.0 Å². The third-order valence-electron chi connectivity index (χ3n) is 5.03. The van der Waals surface area contributed by atoms with Gasteiger partial charge in [0.25, 0.3) is 0 Å². The van der Waals surface area contributed by atoms with Gasteiger partial charge in [0.15, 0.2) is 0 Å². The van der Waals surface area contributed by atoms with Gasteiger partial charge in [0, 0.05) is 12.2 Å². The number of ether oxygens (including phenoxy) is 1. The standard InChI is InChI=1S/C19H29BO4/c1-6-22-17(21)14-10-13-16(15-11-8-7-9-12-15)20-23-18(2,3)19(4,5)24-20/h7-9,11-12,16H,6,10,13-14H2,1-5H3/t16-/m0/s1. The first-order valence-electron chi connectivity index (χ1n) is 8.83. The molecule has 1 heterocycles. The third-order valence-corrected chi connectivity index (χ3v) is 5.03. The van der Waals surface area contributed by atoms with Crippen LogP contribution in [0.15, 0.2) is 30.3 Å². The van der Waals surface area contributed by atoms with Crippen LogP contribution in [0.1, 0.15) is 65.3 Å². The Hall–Kier alpha value is -1.33. The summed E-state index contributed by atoms with van der Waals surface area (Å²) in [4.78, 5) is 11.6. The van der Waals surface area contributed by atoms with Crippen LogP contribution in [0, 0.1) is 0 Å². The van der Waals surface area contributed by atoms with Gasteiger partial charge < -0.3 is 14.0 Å². The Bertz CT molecular complexity index is 526. The Morgan fingerprint density at radius 3 is 2.25 bits per heavy atom. The van der Waals surface area contributed by atoms with Crippen LogP contribution in [0.5, 0.6) is 0 Å². The van der Waals surface area contributed by atoms with Gasteiger partial charge >= 0.3 is 13.1 Å². The first-order chi connectivity index (χ1) is 11.3. The maximum atomic E-state index is 11.6. The number of carbonyl (C=O) groups is 1. The Balaban J connectivity index is 2.09. The predicted molar refractivity (Wildman–Crippen MR) is 95.7 cm³/mol. The monoisotopic (exact) mass is 332 g/mol. The summed E-state index contributed by atoms with van der Waals surface area (Å²) in [6.45, 7) is 10.5. The summed E-state index contributed by atoms with van der Waals surface area (Å²) in [6.07, 6.45) is 2.00. The van der Waals surface area contributed by atoms with E-state index >= 15 is 0 Å². The average molecular weight is 332 g/mol. The molecule has 0 amide bonds. The van der Waals surface area contributed by atoms with E-state index in [2.05, 4.69) is 39.8 Å². The predicted octanol–water partition coefficient (Wildman–Crippen LogP) is 4.14. The van der Waals surface area contributed by atoms with Gasteiger partial charge in [-0.3, -0.25) is 4.79 Å². The summed E-state index contributed by atoms with van der Waals surface area (Å²) in [5.74, 6) is -0.0418. The van der Waals surface area contributed by atoms with E-state index in [1.807, 2.05) is 25.1 Å². The lowest BCUT2D eigenvalue weighted by Gasteiger charge is -2.32. The maximum absolute atomic E-state index is 11.6. The van der Waals surface area contributed by atoms with Gasteiger partial charge in [0.1, 0.15) is 0 Å². The van der Waals surface area contributed by atoms with Gasteiger partial charge in [-0.25, -0.2) is 0 Å². The zero-order valence-electron chi connectivity index (χ0n) is 15.5. The Kier molecular flexibility index (Phi) is 6.10. The van der Waals surface area contributed by atoms with Crippen LogP contribution in [0.2, 0.25) is 0 Å². The van der Waals surface area contributed by atoms with E-state index in [1.54, 1.807) is 0 Å². The first-order valence-corrected chi connectivity index (χ1v) is 8.83. The van der Waals surface area contributed by atoms with E-state index in [-0.39, 0.29) is 30.1 Å². The summed E-state index contributed by atoms with van der Waals surface area (Å²) in [7, 11) is -0.306. The van der Waals surface area contributed by atoms with E-state index in [4.69, 9.17) is 14.0 Å².